The molecule has 0 radical (unpaired) electrons. The number of piperidine rings is 1. The van der Waals surface area contributed by atoms with Gasteiger partial charge in [0.05, 0.1) is 17.1 Å². The number of hydrogen-bond donors (Lipinski definition) is 1. The van der Waals surface area contributed by atoms with Crippen molar-refractivity contribution in [1.82, 2.24) is 9.47 Å². The SMILES string of the molecule is CC.CN(CC1CCCCN1C(=O)OC(C)(C)Cl)c1c(F)cc2c(=O)c(C(=O)O)cn3c2c1Oc1cc2ccccc2cc1-3. The summed E-state index contributed by atoms with van der Waals surface area (Å²) in [5, 5.41) is 10.3. The van der Waals surface area contributed by atoms with Gasteiger partial charge in [0.2, 0.25) is 5.43 Å². The molecule has 0 spiro atoms. The Morgan fingerprint density at radius 2 is 1.84 bits per heavy atom. The summed E-state index contributed by atoms with van der Waals surface area (Å²) in [5.74, 6) is -1.68. The first kappa shape index (κ1) is 31.1. The Labute approximate surface area is 259 Å². The number of carbonyl (C=O) groups is 2. The lowest BCUT2D eigenvalue weighted by atomic mass is 10.0. The van der Waals surface area contributed by atoms with Gasteiger partial charge in [-0.15, -0.1) is 0 Å². The fraction of sp³-hybridized carbons (Fsp3) is 0.364. The smallest absolute Gasteiger partial charge is 0.411 e. The van der Waals surface area contributed by atoms with Gasteiger partial charge in [0.25, 0.3) is 0 Å². The van der Waals surface area contributed by atoms with E-state index >= 15 is 4.39 Å². The van der Waals surface area contributed by atoms with E-state index in [-0.39, 0.29) is 34.9 Å². The van der Waals surface area contributed by atoms with E-state index in [1.54, 1.807) is 41.3 Å². The number of alkyl halides is 1. The van der Waals surface area contributed by atoms with Gasteiger partial charge in [-0.05, 0) is 62.1 Å². The molecule has 2 aliphatic rings. The van der Waals surface area contributed by atoms with Gasteiger partial charge in [-0.2, -0.15) is 0 Å². The van der Waals surface area contributed by atoms with E-state index in [0.717, 1.165) is 29.7 Å². The summed E-state index contributed by atoms with van der Waals surface area (Å²) in [6.07, 6.45) is 3.09. The largest absolute Gasteiger partial charge is 0.477 e. The van der Waals surface area contributed by atoms with Crippen molar-refractivity contribution in [3.63, 3.8) is 0 Å². The third-order valence-electron chi connectivity index (χ3n) is 7.76. The molecule has 1 atom stereocenters. The first-order chi connectivity index (χ1) is 20.9. The highest BCUT2D eigenvalue weighted by Gasteiger charge is 2.35. The van der Waals surface area contributed by atoms with Crippen LogP contribution in [0, 0.1) is 5.82 Å². The van der Waals surface area contributed by atoms with E-state index in [0.29, 0.717) is 24.4 Å². The van der Waals surface area contributed by atoms with Crippen LogP contribution in [0.25, 0.3) is 27.4 Å². The van der Waals surface area contributed by atoms with Gasteiger partial charge in [0, 0.05) is 26.3 Å². The summed E-state index contributed by atoms with van der Waals surface area (Å²) in [7, 11) is 1.69. The predicted octanol–water partition coefficient (Wildman–Crippen LogP) is 7.52. The Kier molecular flexibility index (Phi) is 8.49. The molecule has 9 nitrogen and oxygen atoms in total. The number of ether oxygens (including phenoxy) is 2. The lowest BCUT2D eigenvalue weighted by molar-refractivity contribution is 0.0391. The Bertz CT molecular complexity index is 1830. The second-order valence-corrected chi connectivity index (χ2v) is 12.1. The Hall–Kier alpha value is -4.31. The van der Waals surface area contributed by atoms with Gasteiger partial charge in [0.1, 0.15) is 16.8 Å². The van der Waals surface area contributed by atoms with Crippen molar-refractivity contribution in [2.75, 3.05) is 25.0 Å². The Morgan fingerprint density at radius 1 is 1.16 bits per heavy atom. The number of benzene rings is 3. The number of aromatic nitrogens is 1. The molecular formula is C33H35ClFN3O6. The Morgan fingerprint density at radius 3 is 2.50 bits per heavy atom. The van der Waals surface area contributed by atoms with E-state index in [2.05, 4.69) is 0 Å². The van der Waals surface area contributed by atoms with Crippen LogP contribution in [0.5, 0.6) is 11.5 Å². The molecule has 0 aliphatic carbocycles. The average molecular weight is 624 g/mol. The number of likely N-dealkylation sites (tertiary alicyclic amines) is 1. The van der Waals surface area contributed by atoms with Crippen molar-refractivity contribution < 1.29 is 28.6 Å². The van der Waals surface area contributed by atoms with E-state index < -0.39 is 33.9 Å². The van der Waals surface area contributed by atoms with Crippen molar-refractivity contribution in [2.24, 2.45) is 0 Å². The third kappa shape index (κ3) is 5.66. The molecule has 1 aromatic heterocycles. The monoisotopic (exact) mass is 623 g/mol. The van der Waals surface area contributed by atoms with Crippen LogP contribution in [-0.4, -0.2) is 57.9 Å². The second kappa shape index (κ2) is 12.0. The number of aromatic carboxylic acids is 1. The highest BCUT2D eigenvalue weighted by Crippen LogP contribution is 2.47. The summed E-state index contributed by atoms with van der Waals surface area (Å²) in [6.45, 7) is 7.89. The molecule has 0 bridgehead atoms. The number of rotatable bonds is 5. The number of amides is 1. The van der Waals surface area contributed by atoms with E-state index in [9.17, 15) is 19.5 Å². The summed E-state index contributed by atoms with van der Waals surface area (Å²) in [5.41, 5.74) is -0.401. The third-order valence-corrected chi connectivity index (χ3v) is 7.84. The van der Waals surface area contributed by atoms with Crippen LogP contribution in [-0.2, 0) is 4.74 Å². The number of carboxylic acids is 1. The molecular weight excluding hydrogens is 589 g/mol. The normalized spacial score (nSPS) is 15.6. The van der Waals surface area contributed by atoms with Crippen LogP contribution in [0.3, 0.4) is 0 Å². The number of likely N-dealkylation sites (N-methyl/N-ethyl adjacent to an activating group) is 1. The van der Waals surface area contributed by atoms with Gasteiger partial charge in [0.15, 0.2) is 22.4 Å². The van der Waals surface area contributed by atoms with E-state index in [1.807, 2.05) is 44.2 Å². The number of anilines is 1. The minimum absolute atomic E-state index is 0.0918. The van der Waals surface area contributed by atoms with Crippen LogP contribution in [0.15, 0.2) is 53.5 Å². The van der Waals surface area contributed by atoms with Gasteiger partial charge >= 0.3 is 12.1 Å². The summed E-state index contributed by atoms with van der Waals surface area (Å²) >= 11 is 6.14. The molecule has 1 amide bonds. The maximum atomic E-state index is 16.0. The maximum Gasteiger partial charge on any atom is 0.411 e. The van der Waals surface area contributed by atoms with Crippen LogP contribution in [0.1, 0.15) is 57.3 Å². The molecule has 11 heteroatoms. The average Bonchev–Trinajstić information content (AvgIpc) is 2.97. The van der Waals surface area contributed by atoms with Gasteiger partial charge in [-0.3, -0.25) is 4.79 Å². The first-order valence-corrected chi connectivity index (χ1v) is 15.1. The highest BCUT2D eigenvalue weighted by atomic mass is 35.5. The zero-order valence-corrected chi connectivity index (χ0v) is 26.1. The molecule has 1 N–H and O–H groups in total. The lowest BCUT2D eigenvalue weighted by Gasteiger charge is -2.39. The van der Waals surface area contributed by atoms with Gasteiger partial charge in [-0.1, -0.05) is 49.7 Å². The van der Waals surface area contributed by atoms with E-state index in [4.69, 9.17) is 21.1 Å². The molecule has 1 unspecified atom stereocenters. The molecule has 4 aromatic rings. The predicted molar refractivity (Wildman–Crippen MR) is 169 cm³/mol. The Balaban J connectivity index is 0.00000188. The number of fused-ring (bicyclic) bond motifs is 3. The van der Waals surface area contributed by atoms with Gasteiger partial charge in [-0.25, -0.2) is 14.0 Å². The van der Waals surface area contributed by atoms with Crippen molar-refractivity contribution in [3.05, 3.63) is 70.3 Å². The topological polar surface area (TPSA) is 101 Å². The molecule has 3 heterocycles. The van der Waals surface area contributed by atoms with Crippen LogP contribution in [0.2, 0.25) is 0 Å². The molecule has 232 valence electrons. The van der Waals surface area contributed by atoms with Crippen molar-refractivity contribution in [1.29, 1.82) is 0 Å². The second-order valence-electron chi connectivity index (χ2n) is 11.2. The fourth-order valence-electron chi connectivity index (χ4n) is 5.90. The number of pyridine rings is 1. The van der Waals surface area contributed by atoms with Crippen LogP contribution >= 0.6 is 11.6 Å². The standard InChI is InChI=1S/C31H29ClFN3O6.C2H6/c1-31(2,32)42-30(40)35-11-7-6-10-19(35)15-34(3)26-22(33)14-20-25-28(26)41-24-13-18-9-5-4-8-17(18)12-23(24)36(25)16-21(27(20)37)29(38)39;1-2/h4-5,8-9,12-14,16,19H,6-7,10-11,15H2,1-3H3,(H,38,39);1-2H3. The number of nitrogens with zero attached hydrogens (tertiary/aromatic N) is 3. The number of hydrogen-bond acceptors (Lipinski definition) is 6. The van der Waals surface area contributed by atoms with Gasteiger partial charge < -0.3 is 28.9 Å². The first-order valence-electron chi connectivity index (χ1n) is 14.7. The zero-order chi connectivity index (χ0) is 31.9. The molecule has 44 heavy (non-hydrogen) atoms. The molecule has 3 aromatic carbocycles. The minimum atomic E-state index is -1.41. The summed E-state index contributed by atoms with van der Waals surface area (Å²) in [6, 6.07) is 12.0. The molecule has 1 fully saturated rings. The van der Waals surface area contributed by atoms with Crippen LogP contribution < -0.4 is 15.1 Å². The van der Waals surface area contributed by atoms with Crippen molar-refractivity contribution >= 4 is 51.0 Å². The summed E-state index contributed by atoms with van der Waals surface area (Å²) < 4.78 is 29.4. The van der Waals surface area contributed by atoms with Crippen LogP contribution in [0.4, 0.5) is 14.9 Å². The molecule has 0 saturated carbocycles. The van der Waals surface area contributed by atoms with Crippen molar-refractivity contribution in [2.45, 2.75) is 58.1 Å². The maximum absolute atomic E-state index is 16.0. The zero-order valence-electron chi connectivity index (χ0n) is 25.3. The summed E-state index contributed by atoms with van der Waals surface area (Å²) in [4.78, 5) is 41.5. The highest BCUT2D eigenvalue weighted by molar-refractivity contribution is 6.22. The number of carbonyl (C=O) groups excluding carboxylic acids is 1. The molecule has 1 saturated heterocycles. The quantitative estimate of drug-likeness (QED) is 0.202. The number of halogens is 2. The fourth-order valence-corrected chi connectivity index (χ4v) is 5.97. The van der Waals surface area contributed by atoms with Crippen molar-refractivity contribution in [3.8, 4) is 17.2 Å². The van der Waals surface area contributed by atoms with E-state index in [1.165, 1.54) is 6.20 Å². The lowest BCUT2D eigenvalue weighted by Crippen LogP contribution is -2.50. The molecule has 2 aliphatic heterocycles. The molecule has 6 rings (SSSR count). The minimum Gasteiger partial charge on any atom is -0.477 e. The number of carboxylic acid groups (broad SMARTS) is 1.